The number of aliphatic imine (C=N–C) groups is 1. The summed E-state index contributed by atoms with van der Waals surface area (Å²) >= 11 is 0. The monoisotopic (exact) mass is 174 g/mol. The lowest BCUT2D eigenvalue weighted by Gasteiger charge is -2.00. The lowest BCUT2D eigenvalue weighted by Crippen LogP contribution is -1.84. The number of isocyanates is 1. The Morgan fingerprint density at radius 3 is 2.92 bits per heavy atom. The van der Waals surface area contributed by atoms with Crippen molar-refractivity contribution in [2.45, 2.75) is 6.92 Å². The molecule has 0 bridgehead atoms. The summed E-state index contributed by atoms with van der Waals surface area (Å²) < 4.78 is 4.64. The first-order chi connectivity index (χ1) is 6.27. The average molecular weight is 174 g/mol. The molecule has 0 atom stereocenters. The molecule has 4 heteroatoms. The highest BCUT2D eigenvalue weighted by atomic mass is 16.5. The van der Waals surface area contributed by atoms with Crippen LogP contribution in [0, 0.1) is 18.4 Å². The van der Waals surface area contributed by atoms with Crippen molar-refractivity contribution in [2.24, 2.45) is 4.99 Å². The standard InChI is InChI=1S/C9H6N2O2/c1-7-2-3-8(11-6-12)4-9(7)13-5-10/h2-4H,1H3. The first-order valence-corrected chi connectivity index (χ1v) is 3.52. The minimum absolute atomic E-state index is 0.402. The fourth-order valence-electron chi connectivity index (χ4n) is 0.870. The maximum atomic E-state index is 9.93. The molecule has 13 heavy (non-hydrogen) atoms. The van der Waals surface area contributed by atoms with Gasteiger partial charge in [0.05, 0.1) is 5.69 Å². The third-order valence-electron chi connectivity index (χ3n) is 1.50. The highest BCUT2D eigenvalue weighted by molar-refractivity contribution is 5.53. The summed E-state index contributed by atoms with van der Waals surface area (Å²) in [5.74, 6) is 0.402. The number of aryl methyl sites for hydroxylation is 1. The minimum atomic E-state index is 0.402. The van der Waals surface area contributed by atoms with Gasteiger partial charge in [-0.3, -0.25) is 0 Å². The molecule has 0 N–H and O–H groups in total. The van der Waals surface area contributed by atoms with Crippen LogP contribution in [-0.2, 0) is 4.79 Å². The van der Waals surface area contributed by atoms with Crippen molar-refractivity contribution in [1.29, 1.82) is 5.26 Å². The summed E-state index contributed by atoms with van der Waals surface area (Å²) in [6, 6.07) is 4.86. The molecule has 0 aliphatic rings. The van der Waals surface area contributed by atoms with Crippen LogP contribution in [0.4, 0.5) is 5.69 Å². The first kappa shape index (κ1) is 8.98. The summed E-state index contributed by atoms with van der Waals surface area (Å²) in [5.41, 5.74) is 1.23. The lowest BCUT2D eigenvalue weighted by molar-refractivity contribution is 0.503. The number of benzene rings is 1. The number of hydrogen-bond acceptors (Lipinski definition) is 4. The molecule has 0 fully saturated rings. The van der Waals surface area contributed by atoms with Crippen molar-refractivity contribution in [1.82, 2.24) is 0 Å². The van der Waals surface area contributed by atoms with Crippen molar-refractivity contribution < 1.29 is 9.53 Å². The van der Waals surface area contributed by atoms with Crippen LogP contribution in [0.25, 0.3) is 0 Å². The molecule has 0 amide bonds. The predicted octanol–water partition coefficient (Wildman–Crippen LogP) is 1.82. The molecule has 1 aromatic carbocycles. The summed E-state index contributed by atoms with van der Waals surface area (Å²) in [5, 5.41) is 8.28. The molecule has 1 aromatic rings. The molecule has 4 nitrogen and oxygen atoms in total. The van der Waals surface area contributed by atoms with E-state index in [1.165, 1.54) is 12.1 Å². The van der Waals surface area contributed by atoms with E-state index in [-0.39, 0.29) is 0 Å². The molecular weight excluding hydrogens is 168 g/mol. The van der Waals surface area contributed by atoms with Crippen LogP contribution in [0.2, 0.25) is 0 Å². The highest BCUT2D eigenvalue weighted by Gasteiger charge is 2.00. The van der Waals surface area contributed by atoms with Crippen molar-refractivity contribution in [3.05, 3.63) is 23.8 Å². The number of hydrogen-bond donors (Lipinski definition) is 0. The molecule has 0 saturated carbocycles. The van der Waals surface area contributed by atoms with Crippen molar-refractivity contribution in [3.8, 4) is 12.0 Å². The van der Waals surface area contributed by atoms with Crippen LogP contribution < -0.4 is 4.74 Å². The number of ether oxygens (including phenoxy) is 1. The number of nitriles is 1. The predicted molar refractivity (Wildman–Crippen MR) is 45.2 cm³/mol. The lowest BCUT2D eigenvalue weighted by atomic mass is 10.2. The Labute approximate surface area is 75.1 Å². The maximum absolute atomic E-state index is 9.93. The van der Waals surface area contributed by atoms with E-state index in [9.17, 15) is 4.79 Å². The molecule has 0 unspecified atom stereocenters. The van der Waals surface area contributed by atoms with Crippen LogP contribution in [0.15, 0.2) is 23.2 Å². The van der Waals surface area contributed by atoms with E-state index in [1.807, 2.05) is 0 Å². The summed E-state index contributed by atoms with van der Waals surface area (Å²) in [4.78, 5) is 13.3. The van der Waals surface area contributed by atoms with Crippen LogP contribution in [0.1, 0.15) is 5.56 Å². The largest absolute Gasteiger partial charge is 0.388 e. The number of nitrogens with zero attached hydrogens (tertiary/aromatic N) is 2. The second-order valence-electron chi connectivity index (χ2n) is 2.35. The van der Waals surface area contributed by atoms with E-state index >= 15 is 0 Å². The van der Waals surface area contributed by atoms with Gasteiger partial charge < -0.3 is 4.74 Å². The number of rotatable bonds is 2. The molecule has 0 spiro atoms. The first-order valence-electron chi connectivity index (χ1n) is 3.52. The Morgan fingerprint density at radius 2 is 2.31 bits per heavy atom. The van der Waals surface area contributed by atoms with Crippen molar-refractivity contribution in [3.63, 3.8) is 0 Å². The maximum Gasteiger partial charge on any atom is 0.292 e. The van der Waals surface area contributed by atoms with Gasteiger partial charge in [-0.05, 0) is 18.6 Å². The topological polar surface area (TPSA) is 62.4 Å². The molecule has 0 radical (unpaired) electrons. The molecule has 64 valence electrons. The van der Waals surface area contributed by atoms with E-state index in [2.05, 4.69) is 9.73 Å². The van der Waals surface area contributed by atoms with Crippen molar-refractivity contribution >= 4 is 11.8 Å². The molecule has 0 aliphatic heterocycles. The molecule has 1 rings (SSSR count). The van der Waals surface area contributed by atoms with Gasteiger partial charge in [0.15, 0.2) is 0 Å². The Balaban J connectivity index is 3.12. The minimum Gasteiger partial charge on any atom is -0.388 e. The van der Waals surface area contributed by atoms with Gasteiger partial charge in [-0.1, -0.05) is 6.07 Å². The third kappa shape index (κ3) is 2.16. The molecular formula is C9H6N2O2. The normalized spacial score (nSPS) is 8.31. The Kier molecular flexibility index (Phi) is 2.80. The number of carbonyl (C=O) groups excluding carboxylic acids is 1. The van der Waals surface area contributed by atoms with Crippen LogP contribution >= 0.6 is 0 Å². The van der Waals surface area contributed by atoms with Crippen molar-refractivity contribution in [2.75, 3.05) is 0 Å². The van der Waals surface area contributed by atoms with E-state index in [4.69, 9.17) is 5.26 Å². The second-order valence-corrected chi connectivity index (χ2v) is 2.35. The molecule has 0 aromatic heterocycles. The average Bonchev–Trinajstić information content (AvgIpc) is 2.12. The molecule has 0 aliphatic carbocycles. The van der Waals surface area contributed by atoms with Gasteiger partial charge in [0.1, 0.15) is 5.75 Å². The fraction of sp³-hybridized carbons (Fsp3) is 0.111. The van der Waals surface area contributed by atoms with Gasteiger partial charge >= 0.3 is 0 Å². The van der Waals surface area contributed by atoms with E-state index < -0.39 is 0 Å². The highest BCUT2D eigenvalue weighted by Crippen LogP contribution is 2.23. The smallest absolute Gasteiger partial charge is 0.292 e. The third-order valence-corrected chi connectivity index (χ3v) is 1.50. The van der Waals surface area contributed by atoms with E-state index in [0.29, 0.717) is 11.4 Å². The Bertz CT molecular complexity index is 401. The molecule has 0 heterocycles. The van der Waals surface area contributed by atoms with Gasteiger partial charge in [0, 0.05) is 6.07 Å². The van der Waals surface area contributed by atoms with Gasteiger partial charge in [0.25, 0.3) is 6.26 Å². The summed E-state index contributed by atoms with van der Waals surface area (Å²) in [7, 11) is 0. The second kappa shape index (κ2) is 4.05. The summed E-state index contributed by atoms with van der Waals surface area (Å²) in [6.07, 6.45) is 2.96. The SMILES string of the molecule is Cc1ccc(N=C=O)cc1OC#N. The quantitative estimate of drug-likeness (QED) is 0.390. The zero-order chi connectivity index (χ0) is 9.68. The van der Waals surface area contributed by atoms with Crippen LogP contribution in [0.3, 0.4) is 0 Å². The molecule has 0 saturated heterocycles. The van der Waals surface area contributed by atoms with E-state index in [0.717, 1.165) is 5.56 Å². The van der Waals surface area contributed by atoms with Crippen LogP contribution in [0.5, 0.6) is 5.75 Å². The fourth-order valence-corrected chi connectivity index (χ4v) is 0.870. The van der Waals surface area contributed by atoms with E-state index in [1.54, 1.807) is 25.3 Å². The van der Waals surface area contributed by atoms with Gasteiger partial charge in [-0.15, -0.1) is 5.26 Å². The zero-order valence-electron chi connectivity index (χ0n) is 6.94. The Hall–Kier alpha value is -2.11. The summed E-state index contributed by atoms with van der Waals surface area (Å²) in [6.45, 7) is 1.79. The van der Waals surface area contributed by atoms with Gasteiger partial charge in [0.2, 0.25) is 6.08 Å². The van der Waals surface area contributed by atoms with Gasteiger partial charge in [-0.2, -0.15) is 4.99 Å². The van der Waals surface area contributed by atoms with Gasteiger partial charge in [-0.25, -0.2) is 4.79 Å². The zero-order valence-corrected chi connectivity index (χ0v) is 6.94. The Morgan fingerprint density at radius 1 is 1.54 bits per heavy atom. The van der Waals surface area contributed by atoms with Crippen LogP contribution in [-0.4, -0.2) is 6.08 Å².